The van der Waals surface area contributed by atoms with Gasteiger partial charge in [0.15, 0.2) is 0 Å². The van der Waals surface area contributed by atoms with E-state index >= 15 is 0 Å². The number of aryl methyl sites for hydroxylation is 1. The van der Waals surface area contributed by atoms with Crippen molar-refractivity contribution in [1.29, 1.82) is 0 Å². The van der Waals surface area contributed by atoms with Gasteiger partial charge >= 0.3 is 0 Å². The van der Waals surface area contributed by atoms with E-state index < -0.39 is 0 Å². The molecule has 3 rings (SSSR count). The molecule has 3 heteroatoms. The fourth-order valence-corrected chi connectivity index (χ4v) is 3.99. The summed E-state index contributed by atoms with van der Waals surface area (Å²) in [4.78, 5) is 0. The van der Waals surface area contributed by atoms with E-state index in [0.29, 0.717) is 12.2 Å². The maximum Gasteiger partial charge on any atom is 0.134 e. The second kappa shape index (κ2) is 7.72. The van der Waals surface area contributed by atoms with E-state index in [0.717, 1.165) is 16.0 Å². The van der Waals surface area contributed by atoms with Gasteiger partial charge in [-0.1, -0.05) is 12.8 Å². The fraction of sp³-hybridized carbons (Fsp3) is 0.684. The number of hydrogen-bond donors (Lipinski definition) is 0. The minimum Gasteiger partial charge on any atom is -0.490 e. The summed E-state index contributed by atoms with van der Waals surface area (Å²) in [7, 11) is 0. The minimum absolute atomic E-state index is 0.384. The number of halogens is 1. The standard InChI is InChI=1S/C19H27BrO2/c1-14-12-19(22-16-10-6-3-7-11-16)17(20)13-18(14)21-15-8-4-2-5-9-15/h12-13,15-16H,2-11H2,1H3. The SMILES string of the molecule is Cc1cc(OC2CCCCC2)c(Br)cc1OC1CCCCC1. The maximum absolute atomic E-state index is 6.23. The summed E-state index contributed by atoms with van der Waals surface area (Å²) >= 11 is 3.67. The summed E-state index contributed by atoms with van der Waals surface area (Å²) in [6.45, 7) is 2.12. The molecule has 122 valence electrons. The highest BCUT2D eigenvalue weighted by molar-refractivity contribution is 9.10. The third-order valence-corrected chi connectivity index (χ3v) is 5.54. The van der Waals surface area contributed by atoms with Gasteiger partial charge in [0.1, 0.15) is 11.5 Å². The van der Waals surface area contributed by atoms with Crippen molar-refractivity contribution in [2.24, 2.45) is 0 Å². The van der Waals surface area contributed by atoms with E-state index in [2.05, 4.69) is 35.0 Å². The first-order chi connectivity index (χ1) is 10.7. The summed E-state index contributed by atoms with van der Waals surface area (Å²) in [6, 6.07) is 4.24. The van der Waals surface area contributed by atoms with Crippen molar-refractivity contribution in [2.75, 3.05) is 0 Å². The van der Waals surface area contributed by atoms with Gasteiger partial charge in [-0.15, -0.1) is 0 Å². The molecule has 0 radical (unpaired) electrons. The van der Waals surface area contributed by atoms with E-state index in [4.69, 9.17) is 9.47 Å². The second-order valence-electron chi connectivity index (χ2n) is 6.80. The lowest BCUT2D eigenvalue weighted by Gasteiger charge is -2.26. The lowest BCUT2D eigenvalue weighted by Crippen LogP contribution is -2.21. The highest BCUT2D eigenvalue weighted by Crippen LogP contribution is 2.36. The van der Waals surface area contributed by atoms with Crippen molar-refractivity contribution in [1.82, 2.24) is 0 Å². The van der Waals surface area contributed by atoms with Gasteiger partial charge in [-0.2, -0.15) is 0 Å². The van der Waals surface area contributed by atoms with Crippen LogP contribution in [0.15, 0.2) is 16.6 Å². The van der Waals surface area contributed by atoms with Crippen LogP contribution in [-0.2, 0) is 0 Å². The zero-order chi connectivity index (χ0) is 15.4. The Morgan fingerprint density at radius 1 is 0.773 bits per heavy atom. The van der Waals surface area contributed by atoms with E-state index in [1.165, 1.54) is 69.8 Å². The Morgan fingerprint density at radius 3 is 1.82 bits per heavy atom. The predicted molar refractivity (Wildman–Crippen MR) is 93.9 cm³/mol. The van der Waals surface area contributed by atoms with Crippen LogP contribution in [0.25, 0.3) is 0 Å². The van der Waals surface area contributed by atoms with Gasteiger partial charge in [0, 0.05) is 0 Å². The molecule has 0 bridgehead atoms. The van der Waals surface area contributed by atoms with Gasteiger partial charge < -0.3 is 9.47 Å². The lowest BCUT2D eigenvalue weighted by atomic mass is 9.97. The van der Waals surface area contributed by atoms with Crippen molar-refractivity contribution >= 4 is 15.9 Å². The van der Waals surface area contributed by atoms with Gasteiger partial charge in [-0.25, -0.2) is 0 Å². The number of hydrogen-bond acceptors (Lipinski definition) is 2. The quantitative estimate of drug-likeness (QED) is 0.633. The number of benzene rings is 1. The maximum atomic E-state index is 6.23. The number of ether oxygens (including phenoxy) is 2. The zero-order valence-corrected chi connectivity index (χ0v) is 15.2. The summed E-state index contributed by atoms with van der Waals surface area (Å²) in [5.41, 5.74) is 1.18. The summed E-state index contributed by atoms with van der Waals surface area (Å²) in [5.74, 6) is 1.98. The molecule has 2 nitrogen and oxygen atoms in total. The minimum atomic E-state index is 0.384. The molecule has 0 unspecified atom stereocenters. The summed E-state index contributed by atoms with van der Waals surface area (Å²) in [6.07, 6.45) is 13.4. The molecule has 0 atom stereocenters. The van der Waals surface area contributed by atoms with Gasteiger partial charge in [0.25, 0.3) is 0 Å². The zero-order valence-electron chi connectivity index (χ0n) is 13.6. The molecule has 0 heterocycles. The van der Waals surface area contributed by atoms with Crippen molar-refractivity contribution < 1.29 is 9.47 Å². The largest absolute Gasteiger partial charge is 0.490 e. The average molecular weight is 367 g/mol. The fourth-order valence-electron chi connectivity index (χ4n) is 3.58. The third kappa shape index (κ3) is 4.18. The Kier molecular flexibility index (Phi) is 5.67. The third-order valence-electron chi connectivity index (χ3n) is 4.92. The summed E-state index contributed by atoms with van der Waals surface area (Å²) in [5, 5.41) is 0. The first-order valence-corrected chi connectivity index (χ1v) is 9.65. The normalized spacial score (nSPS) is 20.8. The van der Waals surface area contributed by atoms with Crippen molar-refractivity contribution in [3.05, 3.63) is 22.2 Å². The smallest absolute Gasteiger partial charge is 0.134 e. The molecule has 0 N–H and O–H groups in total. The monoisotopic (exact) mass is 366 g/mol. The average Bonchev–Trinajstić information content (AvgIpc) is 2.54. The molecule has 2 aliphatic rings. The van der Waals surface area contributed by atoms with E-state index in [1.54, 1.807) is 0 Å². The van der Waals surface area contributed by atoms with E-state index in [9.17, 15) is 0 Å². The molecule has 2 aliphatic carbocycles. The molecule has 0 amide bonds. The Morgan fingerprint density at radius 2 is 1.27 bits per heavy atom. The van der Waals surface area contributed by atoms with Crippen LogP contribution >= 0.6 is 15.9 Å². The van der Waals surface area contributed by atoms with Crippen LogP contribution in [0.5, 0.6) is 11.5 Å². The molecular formula is C19H27BrO2. The topological polar surface area (TPSA) is 18.5 Å². The van der Waals surface area contributed by atoms with Gasteiger partial charge in [0.05, 0.1) is 16.7 Å². The van der Waals surface area contributed by atoms with Crippen LogP contribution in [0.4, 0.5) is 0 Å². The molecule has 0 spiro atoms. The molecule has 2 fully saturated rings. The molecule has 22 heavy (non-hydrogen) atoms. The van der Waals surface area contributed by atoms with Crippen molar-refractivity contribution in [3.8, 4) is 11.5 Å². The first kappa shape index (κ1) is 16.2. The Hall–Kier alpha value is -0.700. The van der Waals surface area contributed by atoms with Crippen LogP contribution in [0.3, 0.4) is 0 Å². The van der Waals surface area contributed by atoms with E-state index in [1.807, 2.05) is 0 Å². The molecule has 2 saturated carbocycles. The molecule has 0 aromatic heterocycles. The van der Waals surface area contributed by atoms with E-state index in [-0.39, 0.29) is 0 Å². The van der Waals surface area contributed by atoms with Crippen molar-refractivity contribution in [3.63, 3.8) is 0 Å². The molecule has 0 saturated heterocycles. The lowest BCUT2D eigenvalue weighted by molar-refractivity contribution is 0.148. The summed E-state index contributed by atoms with van der Waals surface area (Å²) < 4.78 is 13.5. The predicted octanol–water partition coefficient (Wildman–Crippen LogP) is 6.18. The Bertz CT molecular complexity index is 443. The Labute approximate surface area is 142 Å². The van der Waals surface area contributed by atoms with Gasteiger partial charge in [0.2, 0.25) is 0 Å². The number of rotatable bonds is 4. The highest BCUT2D eigenvalue weighted by atomic mass is 79.9. The van der Waals surface area contributed by atoms with Gasteiger partial charge in [-0.3, -0.25) is 0 Å². The highest BCUT2D eigenvalue weighted by Gasteiger charge is 2.19. The van der Waals surface area contributed by atoms with Gasteiger partial charge in [-0.05, 0) is 91.9 Å². The second-order valence-corrected chi connectivity index (χ2v) is 7.66. The molecule has 1 aromatic carbocycles. The molecular weight excluding hydrogens is 340 g/mol. The van der Waals surface area contributed by atoms with Crippen LogP contribution < -0.4 is 9.47 Å². The molecule has 0 aliphatic heterocycles. The first-order valence-electron chi connectivity index (χ1n) is 8.86. The van der Waals surface area contributed by atoms with Crippen LogP contribution in [0.2, 0.25) is 0 Å². The van der Waals surface area contributed by atoms with Crippen LogP contribution in [0.1, 0.15) is 69.8 Å². The van der Waals surface area contributed by atoms with Crippen molar-refractivity contribution in [2.45, 2.75) is 83.3 Å². The molecule has 1 aromatic rings. The van der Waals surface area contributed by atoms with Crippen LogP contribution in [0, 0.1) is 6.92 Å². The Balaban J connectivity index is 1.67. The van der Waals surface area contributed by atoms with Crippen LogP contribution in [-0.4, -0.2) is 12.2 Å².